The van der Waals surface area contributed by atoms with Crippen LogP contribution in [0, 0.1) is 12.7 Å². The molecule has 0 saturated heterocycles. The van der Waals surface area contributed by atoms with Crippen molar-refractivity contribution in [1.82, 2.24) is 24.8 Å². The number of aromatic amines is 1. The van der Waals surface area contributed by atoms with Gasteiger partial charge in [0.1, 0.15) is 17.1 Å². The molecule has 0 fully saturated rings. The molecule has 0 amide bonds. The van der Waals surface area contributed by atoms with E-state index in [1.165, 1.54) is 28.4 Å². The van der Waals surface area contributed by atoms with Crippen LogP contribution in [0.2, 0.25) is 0 Å². The molecule has 5 rings (SSSR count). The van der Waals surface area contributed by atoms with Crippen LogP contribution in [0.25, 0.3) is 28.2 Å². The fourth-order valence-corrected chi connectivity index (χ4v) is 4.52. The third kappa shape index (κ3) is 4.26. The van der Waals surface area contributed by atoms with Gasteiger partial charge in [0.05, 0.1) is 31.2 Å². The third-order valence-electron chi connectivity index (χ3n) is 5.38. The topological polar surface area (TPSA) is 108 Å². The Morgan fingerprint density at radius 2 is 1.94 bits per heavy atom. The highest BCUT2D eigenvalue weighted by Crippen LogP contribution is 2.38. The van der Waals surface area contributed by atoms with Gasteiger partial charge in [0.2, 0.25) is 11.0 Å². The summed E-state index contributed by atoms with van der Waals surface area (Å²) in [5.74, 6) is 2.23. The second kappa shape index (κ2) is 9.26. The van der Waals surface area contributed by atoms with Gasteiger partial charge in [0, 0.05) is 11.3 Å². The van der Waals surface area contributed by atoms with Gasteiger partial charge in [-0.2, -0.15) is 5.10 Å². The molecule has 0 atom stereocenters. The number of hydrogen-bond donors (Lipinski definition) is 1. The van der Waals surface area contributed by atoms with E-state index in [0.29, 0.717) is 62.1 Å². The molecule has 0 bridgehead atoms. The lowest BCUT2D eigenvalue weighted by atomic mass is 10.1. The number of nitrogens with one attached hydrogen (secondary N) is 1. The van der Waals surface area contributed by atoms with Crippen molar-refractivity contribution in [1.29, 1.82) is 0 Å². The highest BCUT2D eigenvalue weighted by atomic mass is 32.2. The van der Waals surface area contributed by atoms with E-state index in [2.05, 4.69) is 20.3 Å². The zero-order valence-corrected chi connectivity index (χ0v) is 19.9. The van der Waals surface area contributed by atoms with Gasteiger partial charge in [0.25, 0.3) is 5.56 Å². The summed E-state index contributed by atoms with van der Waals surface area (Å²) in [6.07, 6.45) is 0. The maximum Gasteiger partial charge on any atom is 0.290 e. The molecule has 0 unspecified atom stereocenters. The first kappa shape index (κ1) is 22.7. The zero-order valence-electron chi connectivity index (χ0n) is 19.0. The van der Waals surface area contributed by atoms with Crippen LogP contribution in [0.15, 0.2) is 62.9 Å². The standard InChI is InChI=1S/C24H20FN5O4S/c1-13-18(26-23(34-13)16-5-4-6-20(32-2)21(16)33-3)12-35-24-28-27-22(31)19-11-17(29-30(19)24)14-7-9-15(25)10-8-14/h4-11H,12H2,1-3H3,(H,27,31). The number of aryl methyl sites for hydroxylation is 1. The quantitative estimate of drug-likeness (QED) is 0.330. The highest BCUT2D eigenvalue weighted by Gasteiger charge is 2.19. The van der Waals surface area contributed by atoms with Crippen LogP contribution in [0.4, 0.5) is 4.39 Å². The Bertz CT molecular complexity index is 1580. The number of methoxy groups -OCH3 is 2. The lowest BCUT2D eigenvalue weighted by molar-refractivity contribution is 0.355. The lowest BCUT2D eigenvalue weighted by Gasteiger charge is -2.09. The molecule has 0 saturated carbocycles. The molecule has 35 heavy (non-hydrogen) atoms. The number of fused-ring (bicyclic) bond motifs is 1. The van der Waals surface area contributed by atoms with Gasteiger partial charge in [-0.1, -0.05) is 17.8 Å². The number of halogens is 1. The molecular formula is C24H20FN5O4S. The number of ether oxygens (including phenoxy) is 2. The molecule has 2 aromatic carbocycles. The molecule has 0 aliphatic rings. The van der Waals surface area contributed by atoms with Crippen LogP contribution in [-0.4, -0.2) is 39.0 Å². The largest absolute Gasteiger partial charge is 0.493 e. The number of hydrogen-bond acceptors (Lipinski definition) is 8. The molecule has 3 aromatic heterocycles. The Kier molecular flexibility index (Phi) is 6.00. The summed E-state index contributed by atoms with van der Waals surface area (Å²) in [6, 6.07) is 13.0. The molecule has 0 spiro atoms. The first-order valence-corrected chi connectivity index (χ1v) is 11.5. The van der Waals surface area contributed by atoms with E-state index < -0.39 is 0 Å². The lowest BCUT2D eigenvalue weighted by Crippen LogP contribution is -2.13. The first-order chi connectivity index (χ1) is 17.0. The first-order valence-electron chi connectivity index (χ1n) is 10.5. The second-order valence-corrected chi connectivity index (χ2v) is 8.46. The second-order valence-electron chi connectivity index (χ2n) is 7.52. The normalized spacial score (nSPS) is 11.2. The summed E-state index contributed by atoms with van der Waals surface area (Å²) in [5.41, 5.74) is 2.57. The van der Waals surface area contributed by atoms with Crippen LogP contribution in [-0.2, 0) is 5.75 Å². The van der Waals surface area contributed by atoms with E-state index in [0.717, 1.165) is 0 Å². The minimum Gasteiger partial charge on any atom is -0.493 e. The number of H-pyrrole nitrogens is 1. The Hall–Kier alpha value is -4.12. The monoisotopic (exact) mass is 493 g/mol. The zero-order chi connectivity index (χ0) is 24.5. The number of para-hydroxylation sites is 1. The van der Waals surface area contributed by atoms with Gasteiger partial charge in [-0.05, 0) is 49.4 Å². The van der Waals surface area contributed by atoms with E-state index >= 15 is 0 Å². The molecule has 1 N–H and O–H groups in total. The van der Waals surface area contributed by atoms with Gasteiger partial charge in [-0.3, -0.25) is 4.79 Å². The third-order valence-corrected chi connectivity index (χ3v) is 6.32. The molecule has 5 aromatic rings. The molecule has 0 aliphatic carbocycles. The van der Waals surface area contributed by atoms with Crippen LogP contribution >= 0.6 is 11.8 Å². The van der Waals surface area contributed by atoms with Crippen molar-refractivity contribution >= 4 is 17.3 Å². The van der Waals surface area contributed by atoms with Crippen LogP contribution < -0.4 is 15.0 Å². The number of benzene rings is 2. The molecule has 0 radical (unpaired) electrons. The minimum absolute atomic E-state index is 0.334. The molecule has 178 valence electrons. The fourth-order valence-electron chi connectivity index (χ4n) is 3.61. The fraction of sp³-hybridized carbons (Fsp3) is 0.167. The number of aromatic nitrogens is 5. The average Bonchev–Trinajstić information content (AvgIpc) is 3.48. The van der Waals surface area contributed by atoms with Crippen molar-refractivity contribution in [3.63, 3.8) is 0 Å². The maximum absolute atomic E-state index is 13.3. The highest BCUT2D eigenvalue weighted by molar-refractivity contribution is 7.98. The van der Waals surface area contributed by atoms with E-state index in [9.17, 15) is 9.18 Å². The summed E-state index contributed by atoms with van der Waals surface area (Å²) in [4.78, 5) is 17.0. The van der Waals surface area contributed by atoms with Gasteiger partial charge in [0.15, 0.2) is 11.5 Å². The number of oxazole rings is 1. The number of rotatable bonds is 7. The summed E-state index contributed by atoms with van der Waals surface area (Å²) >= 11 is 1.34. The Morgan fingerprint density at radius 3 is 2.69 bits per heavy atom. The van der Waals surface area contributed by atoms with Crippen LogP contribution in [0.1, 0.15) is 11.5 Å². The average molecular weight is 494 g/mol. The van der Waals surface area contributed by atoms with Gasteiger partial charge in [-0.15, -0.1) is 5.10 Å². The van der Waals surface area contributed by atoms with Gasteiger partial charge in [-0.25, -0.2) is 19.0 Å². The smallest absolute Gasteiger partial charge is 0.290 e. The predicted molar refractivity (Wildman–Crippen MR) is 128 cm³/mol. The minimum atomic E-state index is -0.375. The Balaban J connectivity index is 1.45. The van der Waals surface area contributed by atoms with Gasteiger partial charge < -0.3 is 13.9 Å². The summed E-state index contributed by atoms with van der Waals surface area (Å²) < 4.78 is 31.6. The van der Waals surface area contributed by atoms with Crippen LogP contribution in [0.5, 0.6) is 11.5 Å². The van der Waals surface area contributed by atoms with E-state index in [1.54, 1.807) is 38.5 Å². The van der Waals surface area contributed by atoms with Crippen LogP contribution in [0.3, 0.4) is 0 Å². The molecule has 3 heterocycles. The summed E-state index contributed by atoms with van der Waals surface area (Å²) in [7, 11) is 3.13. The number of thioether (sulfide) groups is 1. The molecule has 0 aliphatic heterocycles. The van der Waals surface area contributed by atoms with E-state index in [4.69, 9.17) is 13.9 Å². The van der Waals surface area contributed by atoms with E-state index in [1.807, 2.05) is 19.1 Å². The Morgan fingerprint density at radius 1 is 1.14 bits per heavy atom. The van der Waals surface area contributed by atoms with Crippen molar-refractivity contribution < 1.29 is 18.3 Å². The van der Waals surface area contributed by atoms with Crippen molar-refractivity contribution in [3.05, 3.63) is 76.2 Å². The summed E-state index contributed by atoms with van der Waals surface area (Å²) in [6.45, 7) is 1.83. The summed E-state index contributed by atoms with van der Waals surface area (Å²) in [5, 5.41) is 11.7. The SMILES string of the molecule is COc1cccc(-c2nc(CSc3n[nH]c(=O)c4cc(-c5ccc(F)cc5)nn34)c(C)o2)c1OC. The molecule has 11 heteroatoms. The maximum atomic E-state index is 13.3. The van der Waals surface area contributed by atoms with Crippen molar-refractivity contribution in [3.8, 4) is 34.2 Å². The van der Waals surface area contributed by atoms with Crippen molar-refractivity contribution in [2.75, 3.05) is 14.2 Å². The predicted octanol–water partition coefficient (Wildman–Crippen LogP) is 4.50. The number of nitrogens with zero attached hydrogens (tertiary/aromatic N) is 4. The molecular weight excluding hydrogens is 473 g/mol. The van der Waals surface area contributed by atoms with E-state index in [-0.39, 0.29) is 11.4 Å². The van der Waals surface area contributed by atoms with Crippen molar-refractivity contribution in [2.45, 2.75) is 17.8 Å². The molecule has 9 nitrogen and oxygen atoms in total. The van der Waals surface area contributed by atoms with Gasteiger partial charge >= 0.3 is 0 Å². The Labute approximate surface area is 202 Å². The van der Waals surface area contributed by atoms with Crippen molar-refractivity contribution in [2.24, 2.45) is 0 Å².